The smallest absolute Gasteiger partial charge is 0.253 e. The molecule has 1 amide bonds. The van der Waals surface area contributed by atoms with Gasteiger partial charge in [0.15, 0.2) is 5.58 Å². The van der Waals surface area contributed by atoms with Gasteiger partial charge >= 0.3 is 0 Å². The molecule has 0 unspecified atom stereocenters. The molecule has 1 N–H and O–H groups in total. The van der Waals surface area contributed by atoms with Crippen molar-refractivity contribution in [2.24, 2.45) is 7.05 Å². The fourth-order valence-corrected chi connectivity index (χ4v) is 2.33. The quantitative estimate of drug-likeness (QED) is 0.804. The number of amides is 1. The number of aromatic nitrogens is 2. The lowest BCUT2D eigenvalue weighted by atomic mass is 10.2. The van der Waals surface area contributed by atoms with Crippen LogP contribution in [0.1, 0.15) is 27.6 Å². The maximum absolute atomic E-state index is 12.2. The Bertz CT molecular complexity index is 781. The molecule has 3 rings (SSSR count). The highest BCUT2D eigenvalue weighted by Gasteiger charge is 2.14. The van der Waals surface area contributed by atoms with E-state index >= 15 is 0 Å². The summed E-state index contributed by atoms with van der Waals surface area (Å²) in [5, 5.41) is 2.85. The number of carbonyl (C=O) groups excluding carboxylic acids is 1. The molecule has 2 aromatic heterocycles. The van der Waals surface area contributed by atoms with Gasteiger partial charge in [-0.15, -0.1) is 0 Å². The summed E-state index contributed by atoms with van der Waals surface area (Å²) in [5.41, 5.74) is 4.22. The molecule has 0 aliphatic heterocycles. The van der Waals surface area contributed by atoms with Crippen LogP contribution in [0.2, 0.25) is 0 Å². The van der Waals surface area contributed by atoms with Crippen molar-refractivity contribution in [1.29, 1.82) is 0 Å². The van der Waals surface area contributed by atoms with E-state index in [9.17, 15) is 4.79 Å². The first-order chi connectivity index (χ1) is 10.1. The third kappa shape index (κ3) is 2.42. The number of hydrogen-bond acceptors (Lipinski definition) is 3. The van der Waals surface area contributed by atoms with Crippen molar-refractivity contribution in [3.8, 4) is 0 Å². The second kappa shape index (κ2) is 5.09. The molecule has 0 saturated carbocycles. The first-order valence-corrected chi connectivity index (χ1v) is 6.82. The van der Waals surface area contributed by atoms with E-state index in [0.717, 1.165) is 22.5 Å². The first-order valence-electron chi connectivity index (χ1n) is 6.82. The predicted octanol–water partition coefficient (Wildman–Crippen LogP) is 2.71. The Morgan fingerprint density at radius 2 is 2.10 bits per heavy atom. The number of benzene rings is 1. The van der Waals surface area contributed by atoms with Crippen LogP contribution >= 0.6 is 0 Å². The van der Waals surface area contributed by atoms with Crippen molar-refractivity contribution >= 4 is 17.0 Å². The number of nitrogens with one attached hydrogen (secondary N) is 1. The summed E-state index contributed by atoms with van der Waals surface area (Å²) in [6.45, 7) is 4.19. The van der Waals surface area contributed by atoms with Gasteiger partial charge in [0.2, 0.25) is 5.89 Å². The van der Waals surface area contributed by atoms with Crippen LogP contribution in [0.25, 0.3) is 11.1 Å². The van der Waals surface area contributed by atoms with Crippen molar-refractivity contribution in [1.82, 2.24) is 14.9 Å². The molecular weight excluding hydrogens is 266 g/mol. The van der Waals surface area contributed by atoms with Crippen molar-refractivity contribution in [3.05, 3.63) is 53.2 Å². The lowest BCUT2D eigenvalue weighted by Crippen LogP contribution is -2.23. The van der Waals surface area contributed by atoms with E-state index in [4.69, 9.17) is 4.42 Å². The van der Waals surface area contributed by atoms with E-state index in [-0.39, 0.29) is 12.5 Å². The summed E-state index contributed by atoms with van der Waals surface area (Å²) in [5.74, 6) is 0.397. The van der Waals surface area contributed by atoms with Crippen molar-refractivity contribution < 1.29 is 9.21 Å². The number of fused-ring (bicyclic) bond motifs is 1. The van der Waals surface area contributed by atoms with Crippen molar-refractivity contribution in [2.75, 3.05) is 0 Å². The van der Waals surface area contributed by atoms with E-state index in [0.29, 0.717) is 11.5 Å². The summed E-state index contributed by atoms with van der Waals surface area (Å²) in [4.78, 5) is 16.6. The minimum absolute atomic E-state index is 0.113. The minimum Gasteiger partial charge on any atom is -0.439 e. The van der Waals surface area contributed by atoms with E-state index in [1.807, 2.05) is 55.8 Å². The fourth-order valence-electron chi connectivity index (χ4n) is 2.33. The Morgan fingerprint density at radius 3 is 2.76 bits per heavy atom. The van der Waals surface area contributed by atoms with Gasteiger partial charge in [0.1, 0.15) is 5.52 Å². The molecule has 5 nitrogen and oxygen atoms in total. The van der Waals surface area contributed by atoms with Gasteiger partial charge in [0, 0.05) is 18.4 Å². The van der Waals surface area contributed by atoms with Gasteiger partial charge in [-0.05, 0) is 32.0 Å². The zero-order valence-electron chi connectivity index (χ0n) is 12.3. The Labute approximate surface area is 122 Å². The van der Waals surface area contributed by atoms with Crippen LogP contribution in [0.15, 0.2) is 34.7 Å². The Kier molecular flexibility index (Phi) is 3.25. The highest BCUT2D eigenvalue weighted by Crippen LogP contribution is 2.15. The Morgan fingerprint density at radius 1 is 1.33 bits per heavy atom. The molecule has 0 aliphatic carbocycles. The van der Waals surface area contributed by atoms with E-state index in [1.165, 1.54) is 0 Å². The van der Waals surface area contributed by atoms with Gasteiger partial charge in [-0.2, -0.15) is 0 Å². The third-order valence-electron chi connectivity index (χ3n) is 3.76. The number of hydrogen-bond donors (Lipinski definition) is 1. The molecule has 0 atom stereocenters. The van der Waals surface area contributed by atoms with Crippen LogP contribution < -0.4 is 5.32 Å². The molecule has 0 radical (unpaired) electrons. The molecule has 0 saturated heterocycles. The molecule has 5 heteroatoms. The molecule has 0 fully saturated rings. The molecule has 3 aromatic rings. The van der Waals surface area contributed by atoms with Crippen LogP contribution in [-0.4, -0.2) is 15.5 Å². The Hall–Kier alpha value is -2.56. The monoisotopic (exact) mass is 283 g/mol. The molecule has 0 spiro atoms. The maximum atomic E-state index is 12.2. The second-order valence-electron chi connectivity index (χ2n) is 5.10. The van der Waals surface area contributed by atoms with Gasteiger partial charge in [0.25, 0.3) is 5.91 Å². The van der Waals surface area contributed by atoms with Crippen molar-refractivity contribution in [3.63, 3.8) is 0 Å². The number of oxazole rings is 1. The molecule has 108 valence electrons. The highest BCUT2D eigenvalue weighted by atomic mass is 16.3. The number of rotatable bonds is 3. The summed E-state index contributed by atoms with van der Waals surface area (Å²) >= 11 is 0. The van der Waals surface area contributed by atoms with Gasteiger partial charge in [-0.3, -0.25) is 4.79 Å². The van der Waals surface area contributed by atoms with Crippen LogP contribution in [0.5, 0.6) is 0 Å². The van der Waals surface area contributed by atoms with Gasteiger partial charge in [0.05, 0.1) is 12.1 Å². The largest absolute Gasteiger partial charge is 0.439 e. The highest BCUT2D eigenvalue weighted by molar-refractivity contribution is 5.95. The summed E-state index contributed by atoms with van der Waals surface area (Å²) in [7, 11) is 1.95. The molecule has 0 aliphatic rings. The summed E-state index contributed by atoms with van der Waals surface area (Å²) in [6.07, 6.45) is 0. The van der Waals surface area contributed by atoms with Gasteiger partial charge in [-0.1, -0.05) is 12.1 Å². The normalized spacial score (nSPS) is 11.0. The van der Waals surface area contributed by atoms with Crippen LogP contribution in [0.3, 0.4) is 0 Å². The van der Waals surface area contributed by atoms with Gasteiger partial charge < -0.3 is 14.3 Å². The number of nitrogens with zero attached hydrogens (tertiary/aromatic N) is 2. The molecule has 2 heterocycles. The summed E-state index contributed by atoms with van der Waals surface area (Å²) < 4.78 is 7.58. The maximum Gasteiger partial charge on any atom is 0.253 e. The topological polar surface area (TPSA) is 60.1 Å². The number of carbonyl (C=O) groups is 1. The SMILES string of the molecule is Cc1cc(C(=O)NCc2nc3ccccc3o2)c(C)n1C. The first kappa shape index (κ1) is 13.4. The van der Waals surface area contributed by atoms with E-state index < -0.39 is 0 Å². The lowest BCUT2D eigenvalue weighted by Gasteiger charge is -2.03. The van der Waals surface area contributed by atoms with Crippen molar-refractivity contribution in [2.45, 2.75) is 20.4 Å². The zero-order chi connectivity index (χ0) is 15.0. The molecule has 0 bridgehead atoms. The fraction of sp³-hybridized carbons (Fsp3) is 0.250. The minimum atomic E-state index is -0.113. The third-order valence-corrected chi connectivity index (χ3v) is 3.76. The standard InChI is InChI=1S/C16H17N3O2/c1-10-8-12(11(2)19(10)3)16(20)17-9-15-18-13-6-4-5-7-14(13)21-15/h4-8H,9H2,1-3H3,(H,17,20). The number of aryl methyl sites for hydroxylation is 1. The van der Waals surface area contributed by atoms with Gasteiger partial charge in [-0.25, -0.2) is 4.98 Å². The Balaban J connectivity index is 1.74. The molecular formula is C16H17N3O2. The average Bonchev–Trinajstić information content (AvgIpc) is 3.01. The lowest BCUT2D eigenvalue weighted by molar-refractivity contribution is 0.0947. The molecule has 1 aromatic carbocycles. The van der Waals surface area contributed by atoms with E-state index in [1.54, 1.807) is 0 Å². The van der Waals surface area contributed by atoms with Crippen LogP contribution in [-0.2, 0) is 13.6 Å². The predicted molar refractivity (Wildman–Crippen MR) is 80.1 cm³/mol. The van der Waals surface area contributed by atoms with Crippen LogP contribution in [0, 0.1) is 13.8 Å². The summed E-state index contributed by atoms with van der Waals surface area (Å²) in [6, 6.07) is 9.43. The number of para-hydroxylation sites is 2. The zero-order valence-corrected chi connectivity index (χ0v) is 12.3. The van der Waals surface area contributed by atoms with Crippen LogP contribution in [0.4, 0.5) is 0 Å². The average molecular weight is 283 g/mol. The van der Waals surface area contributed by atoms with E-state index in [2.05, 4.69) is 10.3 Å². The molecule has 21 heavy (non-hydrogen) atoms. The second-order valence-corrected chi connectivity index (χ2v) is 5.10.